The van der Waals surface area contributed by atoms with Gasteiger partial charge in [-0.3, -0.25) is 9.59 Å². The number of anilines is 1. The molecule has 0 radical (unpaired) electrons. The molecule has 2 atom stereocenters. The molecule has 176 valence electrons. The Morgan fingerprint density at radius 3 is 2.41 bits per heavy atom. The van der Waals surface area contributed by atoms with Crippen LogP contribution in [-0.2, 0) is 14.3 Å². The fourth-order valence-electron chi connectivity index (χ4n) is 4.68. The number of nitrogens with zero attached hydrogens (tertiary/aromatic N) is 4. The van der Waals surface area contributed by atoms with E-state index in [4.69, 9.17) is 33.2 Å². The molecular formula is C24H22Cl2N4O4. The van der Waals surface area contributed by atoms with E-state index in [2.05, 4.69) is 6.07 Å². The van der Waals surface area contributed by atoms with E-state index in [9.17, 15) is 14.4 Å². The molecule has 2 heterocycles. The molecule has 0 unspecified atom stereocenters. The van der Waals surface area contributed by atoms with Gasteiger partial charge in [-0.05, 0) is 42.8 Å². The predicted molar refractivity (Wildman–Crippen MR) is 127 cm³/mol. The van der Waals surface area contributed by atoms with E-state index in [-0.39, 0.29) is 41.3 Å². The lowest BCUT2D eigenvalue weighted by Gasteiger charge is -2.33. The van der Waals surface area contributed by atoms with Gasteiger partial charge >= 0.3 is 6.03 Å². The number of nitriles is 1. The van der Waals surface area contributed by atoms with Gasteiger partial charge in [-0.2, -0.15) is 5.26 Å². The normalized spacial score (nSPS) is 22.1. The van der Waals surface area contributed by atoms with Gasteiger partial charge in [0.1, 0.15) is 12.1 Å². The number of halogens is 2. The van der Waals surface area contributed by atoms with E-state index in [0.29, 0.717) is 12.2 Å². The number of hydrogen-bond acceptors (Lipinski definition) is 5. The van der Waals surface area contributed by atoms with Crippen LogP contribution in [0.25, 0.3) is 0 Å². The number of ether oxygens (including phenoxy) is 1. The average Bonchev–Trinajstić information content (AvgIpc) is 3.30. The number of imide groups is 1. The summed E-state index contributed by atoms with van der Waals surface area (Å²) in [6.45, 7) is 2.27. The lowest BCUT2D eigenvalue weighted by atomic mass is 9.80. The van der Waals surface area contributed by atoms with E-state index in [1.165, 1.54) is 23.1 Å². The summed E-state index contributed by atoms with van der Waals surface area (Å²) < 4.78 is 5.29. The van der Waals surface area contributed by atoms with E-state index < -0.39 is 23.4 Å². The van der Waals surface area contributed by atoms with Crippen molar-refractivity contribution in [2.24, 2.45) is 0 Å². The van der Waals surface area contributed by atoms with Crippen LogP contribution in [-0.4, -0.2) is 66.5 Å². The molecule has 2 aliphatic heterocycles. The van der Waals surface area contributed by atoms with E-state index >= 15 is 0 Å². The summed E-state index contributed by atoms with van der Waals surface area (Å²) in [6, 6.07) is 12.9. The number of hydrogen-bond donors (Lipinski definition) is 0. The monoisotopic (exact) mass is 500 g/mol. The van der Waals surface area contributed by atoms with Gasteiger partial charge in [0.05, 0.1) is 23.9 Å². The average molecular weight is 501 g/mol. The highest BCUT2D eigenvalue weighted by Crippen LogP contribution is 2.46. The van der Waals surface area contributed by atoms with Crippen LogP contribution in [0.5, 0.6) is 0 Å². The quantitative estimate of drug-likeness (QED) is 0.583. The zero-order chi connectivity index (χ0) is 24.6. The fourth-order valence-corrected chi connectivity index (χ4v) is 5.19. The highest BCUT2D eigenvalue weighted by atomic mass is 35.5. The Labute approximate surface area is 207 Å². The standard InChI is InChI=1S/C24H22Cl2N4O4/c1-3-34-13-21(31)29-12-20(16-6-4-15(11-27)5-7-16)24(14-29)22(32)30(23(33)28(24)2)19-9-17(25)8-18(26)10-19/h4-10,20H,3,12-14H2,1-2H3/t20-,24+/m0/s1. The molecule has 4 rings (SSSR count). The van der Waals surface area contributed by atoms with Gasteiger partial charge in [0, 0.05) is 36.2 Å². The SMILES string of the molecule is CCOCC(=O)N1C[C@@H](c2ccc(C#N)cc2)[C@]2(C1)C(=O)N(c1cc(Cl)cc(Cl)c1)C(=O)N2C. The maximum atomic E-state index is 14.0. The van der Waals surface area contributed by atoms with Gasteiger partial charge in [0.15, 0.2) is 0 Å². The first kappa shape index (κ1) is 24.0. The van der Waals surface area contributed by atoms with Gasteiger partial charge in [-0.15, -0.1) is 0 Å². The minimum absolute atomic E-state index is 0.00937. The minimum Gasteiger partial charge on any atom is -0.372 e. The largest absolute Gasteiger partial charge is 0.372 e. The van der Waals surface area contributed by atoms with Crippen LogP contribution < -0.4 is 4.90 Å². The summed E-state index contributed by atoms with van der Waals surface area (Å²) in [7, 11) is 1.56. The molecule has 0 aromatic heterocycles. The molecule has 2 saturated heterocycles. The lowest BCUT2D eigenvalue weighted by Crippen LogP contribution is -2.54. The highest BCUT2D eigenvalue weighted by Gasteiger charge is 2.65. The molecule has 2 aliphatic rings. The first-order valence-electron chi connectivity index (χ1n) is 10.7. The second kappa shape index (κ2) is 9.26. The number of benzene rings is 2. The van der Waals surface area contributed by atoms with Gasteiger partial charge in [0.25, 0.3) is 5.91 Å². The van der Waals surface area contributed by atoms with E-state index in [0.717, 1.165) is 10.5 Å². The summed E-state index contributed by atoms with van der Waals surface area (Å²) in [6.07, 6.45) is 0. The van der Waals surface area contributed by atoms with E-state index in [1.54, 1.807) is 43.1 Å². The number of carbonyl (C=O) groups excluding carboxylic acids is 3. The Bertz CT molecular complexity index is 1180. The Balaban J connectivity index is 1.80. The number of likely N-dealkylation sites (tertiary alicyclic amines) is 1. The Hall–Kier alpha value is -3.12. The second-order valence-electron chi connectivity index (χ2n) is 8.23. The lowest BCUT2D eigenvalue weighted by molar-refractivity contribution is -0.135. The molecule has 0 aliphatic carbocycles. The van der Waals surface area contributed by atoms with Crippen LogP contribution >= 0.6 is 23.2 Å². The number of urea groups is 1. The number of carbonyl (C=O) groups is 3. The van der Waals surface area contributed by atoms with Crippen molar-refractivity contribution in [2.75, 3.05) is 38.3 Å². The Kier molecular flexibility index (Phi) is 6.54. The van der Waals surface area contributed by atoms with Crippen LogP contribution in [0.4, 0.5) is 10.5 Å². The van der Waals surface area contributed by atoms with E-state index in [1.807, 2.05) is 0 Å². The molecule has 4 amide bonds. The van der Waals surface area contributed by atoms with Crippen molar-refractivity contribution in [1.82, 2.24) is 9.80 Å². The molecule has 10 heteroatoms. The third kappa shape index (κ3) is 3.90. The van der Waals surface area contributed by atoms with Crippen LogP contribution in [0.2, 0.25) is 10.0 Å². The van der Waals surface area contributed by atoms with Crippen molar-refractivity contribution in [3.63, 3.8) is 0 Å². The zero-order valence-electron chi connectivity index (χ0n) is 18.6. The van der Waals surface area contributed by atoms with Crippen LogP contribution in [0.1, 0.15) is 24.0 Å². The van der Waals surface area contributed by atoms with Crippen molar-refractivity contribution < 1.29 is 19.1 Å². The molecule has 0 N–H and O–H groups in total. The van der Waals surface area contributed by atoms with Crippen LogP contribution in [0.3, 0.4) is 0 Å². The molecule has 34 heavy (non-hydrogen) atoms. The first-order chi connectivity index (χ1) is 16.2. The van der Waals surface area contributed by atoms with Gasteiger partial charge in [0.2, 0.25) is 5.91 Å². The topological polar surface area (TPSA) is 94.0 Å². The highest BCUT2D eigenvalue weighted by molar-refractivity contribution is 6.35. The van der Waals surface area contributed by atoms with Crippen molar-refractivity contribution in [3.05, 3.63) is 63.6 Å². The Morgan fingerprint density at radius 1 is 1.18 bits per heavy atom. The zero-order valence-corrected chi connectivity index (χ0v) is 20.1. The van der Waals surface area contributed by atoms with Gasteiger partial charge in [-0.25, -0.2) is 9.69 Å². The van der Waals surface area contributed by atoms with Gasteiger partial charge in [-0.1, -0.05) is 35.3 Å². The second-order valence-corrected chi connectivity index (χ2v) is 9.10. The van der Waals surface area contributed by atoms with Crippen molar-refractivity contribution in [1.29, 1.82) is 5.26 Å². The van der Waals surface area contributed by atoms with Crippen molar-refractivity contribution >= 4 is 46.7 Å². The van der Waals surface area contributed by atoms with Crippen LogP contribution in [0, 0.1) is 11.3 Å². The maximum absolute atomic E-state index is 14.0. The maximum Gasteiger partial charge on any atom is 0.332 e. The molecule has 0 bridgehead atoms. The molecular weight excluding hydrogens is 479 g/mol. The van der Waals surface area contributed by atoms with Crippen molar-refractivity contribution in [3.8, 4) is 6.07 Å². The molecule has 2 aromatic rings. The first-order valence-corrected chi connectivity index (χ1v) is 11.4. The summed E-state index contributed by atoms with van der Waals surface area (Å²) in [5.41, 5.74) is 0.123. The smallest absolute Gasteiger partial charge is 0.332 e. The summed E-state index contributed by atoms with van der Waals surface area (Å²) >= 11 is 12.3. The molecule has 0 saturated carbocycles. The Morgan fingerprint density at radius 2 is 1.82 bits per heavy atom. The number of rotatable bonds is 5. The van der Waals surface area contributed by atoms with Crippen LogP contribution in [0.15, 0.2) is 42.5 Å². The third-order valence-electron chi connectivity index (χ3n) is 6.39. The van der Waals surface area contributed by atoms with Gasteiger partial charge < -0.3 is 14.5 Å². The molecule has 1 spiro atoms. The third-order valence-corrected chi connectivity index (χ3v) is 6.83. The summed E-state index contributed by atoms with van der Waals surface area (Å²) in [5.74, 6) is -1.26. The summed E-state index contributed by atoms with van der Waals surface area (Å²) in [5, 5.41) is 9.74. The van der Waals surface area contributed by atoms with Crippen molar-refractivity contribution in [2.45, 2.75) is 18.4 Å². The number of amides is 4. The predicted octanol–water partition coefficient (Wildman–Crippen LogP) is 3.66. The number of likely N-dealkylation sites (N-methyl/N-ethyl adjacent to an activating group) is 1. The fraction of sp³-hybridized carbons (Fsp3) is 0.333. The molecule has 2 aromatic carbocycles. The molecule has 2 fully saturated rings. The summed E-state index contributed by atoms with van der Waals surface area (Å²) in [4.78, 5) is 44.3. The minimum atomic E-state index is -1.35. The molecule has 8 nitrogen and oxygen atoms in total.